The summed E-state index contributed by atoms with van der Waals surface area (Å²) in [4.78, 5) is 12.4. The lowest BCUT2D eigenvalue weighted by molar-refractivity contribution is 0.240. The Hall–Kier alpha value is -2.93. The Bertz CT molecular complexity index is 1280. The van der Waals surface area contributed by atoms with Crippen LogP contribution in [0, 0.1) is 11.6 Å². The second-order valence-corrected chi connectivity index (χ2v) is 9.78. The molecule has 0 radical (unpaired) electrons. The van der Waals surface area contributed by atoms with E-state index in [1.165, 1.54) is 27.3 Å². The highest BCUT2D eigenvalue weighted by molar-refractivity contribution is 7.93. The summed E-state index contributed by atoms with van der Waals surface area (Å²) in [6, 6.07) is -0.0250. The molecule has 0 amide bonds. The lowest BCUT2D eigenvalue weighted by Crippen LogP contribution is -2.46. The molecule has 5 rings (SSSR count). The van der Waals surface area contributed by atoms with E-state index in [1.54, 1.807) is 0 Å². The van der Waals surface area contributed by atoms with Crippen molar-refractivity contribution in [3.63, 3.8) is 0 Å². The third-order valence-electron chi connectivity index (χ3n) is 5.63. The molecule has 2 atom stereocenters. The van der Waals surface area contributed by atoms with Gasteiger partial charge in [-0.3, -0.25) is 8.71 Å². The third kappa shape index (κ3) is 3.64. The summed E-state index contributed by atoms with van der Waals surface area (Å²) in [5, 5.41) is 5.74. The van der Waals surface area contributed by atoms with Crippen LogP contribution in [0.15, 0.2) is 24.7 Å². The highest BCUT2D eigenvalue weighted by atomic mass is 32.2. The first kappa shape index (κ1) is 20.9. The van der Waals surface area contributed by atoms with Crippen LogP contribution in [0.1, 0.15) is 12.8 Å². The smallest absolute Gasteiger partial charge is 0.236 e. The van der Waals surface area contributed by atoms with E-state index < -0.39 is 33.9 Å². The number of aromatic nitrogens is 4. The number of anilines is 2. The van der Waals surface area contributed by atoms with Crippen LogP contribution < -0.4 is 14.9 Å². The van der Waals surface area contributed by atoms with E-state index in [0.29, 0.717) is 31.2 Å². The van der Waals surface area contributed by atoms with Gasteiger partial charge < -0.3 is 10.6 Å². The number of fused-ring (bicyclic) bond motifs is 1. The Morgan fingerprint density at radius 1 is 1.19 bits per heavy atom. The van der Waals surface area contributed by atoms with Crippen molar-refractivity contribution in [2.75, 3.05) is 35.0 Å². The van der Waals surface area contributed by atoms with Gasteiger partial charge in [0.05, 0.1) is 36.1 Å². The zero-order chi connectivity index (χ0) is 22.5. The van der Waals surface area contributed by atoms with Crippen LogP contribution in [0.5, 0.6) is 0 Å². The van der Waals surface area contributed by atoms with Crippen LogP contribution in [-0.2, 0) is 10.0 Å². The molecule has 170 valence electrons. The number of pyridine rings is 1. The molecular formula is C19H20F3N7O2S. The van der Waals surface area contributed by atoms with Crippen molar-refractivity contribution < 1.29 is 21.6 Å². The monoisotopic (exact) mass is 467 g/mol. The predicted octanol–water partition coefficient (Wildman–Crippen LogP) is 1.72. The van der Waals surface area contributed by atoms with Crippen molar-refractivity contribution in [2.24, 2.45) is 0 Å². The van der Waals surface area contributed by atoms with E-state index in [4.69, 9.17) is 0 Å². The molecule has 2 N–H and O–H groups in total. The molecule has 9 nitrogen and oxygen atoms in total. The number of piperidine rings is 1. The number of sulfonamides is 1. The summed E-state index contributed by atoms with van der Waals surface area (Å²) in [5.41, 5.74) is 0.307. The maximum Gasteiger partial charge on any atom is 0.236 e. The van der Waals surface area contributed by atoms with Gasteiger partial charge in [0.25, 0.3) is 0 Å². The van der Waals surface area contributed by atoms with E-state index in [2.05, 4.69) is 25.6 Å². The maximum absolute atomic E-state index is 14.7. The Kier molecular flexibility index (Phi) is 5.16. The molecule has 0 saturated carbocycles. The molecule has 0 aliphatic carbocycles. The summed E-state index contributed by atoms with van der Waals surface area (Å²) < 4.78 is 70.4. The highest BCUT2D eigenvalue weighted by Gasteiger charge is 2.30. The molecule has 2 saturated heterocycles. The number of imidazole rings is 1. The van der Waals surface area contributed by atoms with Gasteiger partial charge in [0.15, 0.2) is 28.9 Å². The Morgan fingerprint density at radius 2 is 2.03 bits per heavy atom. The number of rotatable bonds is 4. The van der Waals surface area contributed by atoms with Crippen LogP contribution in [0.2, 0.25) is 0 Å². The Labute approximate surface area is 181 Å². The lowest BCUT2D eigenvalue weighted by atomic mass is 10.1. The summed E-state index contributed by atoms with van der Waals surface area (Å²) in [7, 11) is -3.47. The lowest BCUT2D eigenvalue weighted by Gasteiger charge is -2.28. The first-order valence-corrected chi connectivity index (χ1v) is 11.8. The van der Waals surface area contributed by atoms with Gasteiger partial charge in [-0.2, -0.15) is 0 Å². The maximum atomic E-state index is 14.7. The fraction of sp³-hybridized carbons (Fsp3) is 0.421. The van der Waals surface area contributed by atoms with Crippen LogP contribution in [0.4, 0.5) is 24.8 Å². The summed E-state index contributed by atoms with van der Waals surface area (Å²) in [6.45, 7) is 1.10. The van der Waals surface area contributed by atoms with Gasteiger partial charge in [-0.25, -0.2) is 36.5 Å². The van der Waals surface area contributed by atoms with Crippen LogP contribution in [0.25, 0.3) is 17.0 Å². The second kappa shape index (κ2) is 7.89. The fourth-order valence-corrected chi connectivity index (χ4v) is 5.47. The molecule has 0 unspecified atom stereocenters. The molecule has 0 spiro atoms. The van der Waals surface area contributed by atoms with Gasteiger partial charge in [0, 0.05) is 19.2 Å². The summed E-state index contributed by atoms with van der Waals surface area (Å²) >= 11 is 0. The Balaban J connectivity index is 1.55. The molecule has 0 aromatic carbocycles. The van der Waals surface area contributed by atoms with Gasteiger partial charge >= 0.3 is 0 Å². The average Bonchev–Trinajstić information content (AvgIpc) is 3.33. The minimum absolute atomic E-state index is 0.0261. The van der Waals surface area contributed by atoms with Gasteiger partial charge in [-0.05, 0) is 19.4 Å². The SMILES string of the molecule is O=S1(=O)CCCN1c1cn2c(-c3nc(N[C@H]4CNCC[C@@H]4F)c(F)cc3F)cnc2cn1. The zero-order valence-electron chi connectivity index (χ0n) is 16.8. The van der Waals surface area contributed by atoms with Crippen molar-refractivity contribution >= 4 is 27.3 Å². The fourth-order valence-electron chi connectivity index (χ4n) is 3.97. The Morgan fingerprint density at radius 3 is 2.78 bits per heavy atom. The van der Waals surface area contributed by atoms with Gasteiger partial charge in [0.1, 0.15) is 11.9 Å². The zero-order valence-corrected chi connectivity index (χ0v) is 17.6. The van der Waals surface area contributed by atoms with E-state index in [9.17, 15) is 21.6 Å². The van der Waals surface area contributed by atoms with E-state index in [1.807, 2.05) is 0 Å². The summed E-state index contributed by atoms with van der Waals surface area (Å²) in [6.07, 6.45) is 3.70. The minimum Gasteiger partial charge on any atom is -0.361 e. The number of halogens is 3. The first-order chi connectivity index (χ1) is 15.3. The van der Waals surface area contributed by atoms with Gasteiger partial charge in [-0.1, -0.05) is 0 Å². The number of alkyl halides is 1. The van der Waals surface area contributed by atoms with Crippen LogP contribution in [0.3, 0.4) is 0 Å². The van der Waals surface area contributed by atoms with Crippen LogP contribution in [-0.4, -0.2) is 65.4 Å². The van der Waals surface area contributed by atoms with Gasteiger partial charge in [0.2, 0.25) is 10.0 Å². The molecule has 0 bridgehead atoms. The summed E-state index contributed by atoms with van der Waals surface area (Å²) in [5.74, 6) is -1.95. The van der Waals surface area contributed by atoms with Crippen molar-refractivity contribution in [3.05, 3.63) is 36.3 Å². The standard InChI is InChI=1S/C19H20F3N7O2S/c20-11-2-3-23-7-14(11)26-19-13(22)6-12(21)18(27-19)15-8-24-16-9-25-17(10-28(15)16)29-4-1-5-32(29,30)31/h6,8-11,14,23H,1-5,7H2,(H,26,27)/t11-,14-/m0/s1. The predicted molar refractivity (Wildman–Crippen MR) is 112 cm³/mol. The molecule has 2 aliphatic heterocycles. The van der Waals surface area contributed by atoms with E-state index >= 15 is 0 Å². The normalized spacial score (nSPS) is 23.0. The minimum atomic E-state index is -3.47. The van der Waals surface area contributed by atoms with Crippen molar-refractivity contribution in [1.82, 2.24) is 24.7 Å². The topological polar surface area (TPSA) is 105 Å². The van der Waals surface area contributed by atoms with E-state index in [-0.39, 0.29) is 41.7 Å². The number of nitrogens with one attached hydrogen (secondary N) is 2. The van der Waals surface area contributed by atoms with Crippen LogP contribution >= 0.6 is 0 Å². The quantitative estimate of drug-likeness (QED) is 0.602. The molecule has 13 heteroatoms. The first-order valence-electron chi connectivity index (χ1n) is 10.1. The van der Waals surface area contributed by atoms with Gasteiger partial charge in [-0.15, -0.1) is 0 Å². The average molecular weight is 467 g/mol. The molecular weight excluding hydrogens is 447 g/mol. The number of nitrogens with zero attached hydrogens (tertiary/aromatic N) is 5. The van der Waals surface area contributed by atoms with E-state index in [0.717, 1.165) is 0 Å². The number of hydrogen-bond acceptors (Lipinski definition) is 7. The molecule has 3 aromatic heterocycles. The molecule has 3 aromatic rings. The molecule has 2 fully saturated rings. The molecule has 32 heavy (non-hydrogen) atoms. The van der Waals surface area contributed by atoms with Crippen molar-refractivity contribution in [2.45, 2.75) is 25.1 Å². The highest BCUT2D eigenvalue weighted by Crippen LogP contribution is 2.29. The van der Waals surface area contributed by atoms with Crippen molar-refractivity contribution in [3.8, 4) is 11.4 Å². The van der Waals surface area contributed by atoms with Crippen molar-refractivity contribution in [1.29, 1.82) is 0 Å². The molecule has 2 aliphatic rings. The number of hydrogen-bond donors (Lipinski definition) is 2. The third-order valence-corrected chi connectivity index (χ3v) is 7.47. The molecule has 5 heterocycles. The largest absolute Gasteiger partial charge is 0.361 e. The second-order valence-electron chi connectivity index (χ2n) is 7.77.